The lowest BCUT2D eigenvalue weighted by molar-refractivity contribution is -0.139. The number of aromatic nitrogens is 1. The second-order valence-corrected chi connectivity index (χ2v) is 7.80. The Balaban J connectivity index is 1.56. The number of allylic oxidation sites excluding steroid dienone is 1. The molecule has 1 unspecified atom stereocenters. The first kappa shape index (κ1) is 19.2. The van der Waals surface area contributed by atoms with Gasteiger partial charge in [-0.1, -0.05) is 36.4 Å². The van der Waals surface area contributed by atoms with Crippen molar-refractivity contribution in [3.05, 3.63) is 59.4 Å². The van der Waals surface area contributed by atoms with Gasteiger partial charge in [0.15, 0.2) is 17.1 Å². The predicted molar refractivity (Wildman–Crippen MR) is 104 cm³/mol. The lowest BCUT2D eigenvalue weighted by atomic mass is 9.65. The van der Waals surface area contributed by atoms with Crippen LogP contribution in [0.15, 0.2) is 47.0 Å². The van der Waals surface area contributed by atoms with Crippen LogP contribution < -0.4 is 4.74 Å². The van der Waals surface area contributed by atoms with E-state index in [-0.39, 0.29) is 18.1 Å². The van der Waals surface area contributed by atoms with Crippen LogP contribution in [0.25, 0.3) is 0 Å². The van der Waals surface area contributed by atoms with E-state index in [2.05, 4.69) is 10.1 Å². The van der Waals surface area contributed by atoms with Crippen molar-refractivity contribution >= 4 is 11.6 Å². The summed E-state index contributed by atoms with van der Waals surface area (Å²) in [6.45, 7) is 2.44. The number of rotatable bonds is 4. The number of aliphatic hydroxyl groups is 1. The molecule has 156 valence electrons. The van der Waals surface area contributed by atoms with E-state index in [9.17, 15) is 14.7 Å². The SMILES string of the molecule is O=C1C=CCC2[C@H](N3CCOCC3)c3onc(OCc4ccccc4)c3C(=O)[C@@]12O. The number of Topliss-reactive ketones (excluding diaryl/α,β-unsaturated/α-hetero) is 1. The molecule has 0 amide bonds. The fourth-order valence-electron chi connectivity index (χ4n) is 4.61. The van der Waals surface area contributed by atoms with Crippen molar-refractivity contribution in [2.75, 3.05) is 26.3 Å². The van der Waals surface area contributed by atoms with Crippen molar-refractivity contribution in [1.82, 2.24) is 10.1 Å². The van der Waals surface area contributed by atoms with Gasteiger partial charge < -0.3 is 19.1 Å². The van der Waals surface area contributed by atoms with Crippen LogP contribution in [0, 0.1) is 5.92 Å². The molecule has 0 bridgehead atoms. The highest BCUT2D eigenvalue weighted by Gasteiger charge is 2.61. The quantitative estimate of drug-likeness (QED) is 0.760. The highest BCUT2D eigenvalue weighted by molar-refractivity contribution is 6.23. The maximum Gasteiger partial charge on any atom is 0.265 e. The summed E-state index contributed by atoms with van der Waals surface area (Å²) >= 11 is 0. The number of ether oxygens (including phenoxy) is 2. The Hall–Kier alpha value is -2.81. The Bertz CT molecular complexity index is 994. The van der Waals surface area contributed by atoms with Gasteiger partial charge in [0.2, 0.25) is 5.78 Å². The third-order valence-corrected chi connectivity index (χ3v) is 6.14. The summed E-state index contributed by atoms with van der Waals surface area (Å²) in [5, 5.41) is 15.4. The maximum absolute atomic E-state index is 13.4. The molecule has 3 aliphatic rings. The topological polar surface area (TPSA) is 102 Å². The second kappa shape index (κ2) is 7.46. The first-order chi connectivity index (χ1) is 14.6. The molecule has 5 rings (SSSR count). The molecule has 1 fully saturated rings. The van der Waals surface area contributed by atoms with Gasteiger partial charge in [0.05, 0.1) is 19.3 Å². The summed E-state index contributed by atoms with van der Waals surface area (Å²) in [5.74, 6) is -1.61. The van der Waals surface area contributed by atoms with Crippen molar-refractivity contribution in [2.45, 2.75) is 24.7 Å². The molecular weight excluding hydrogens is 388 g/mol. The van der Waals surface area contributed by atoms with Crippen molar-refractivity contribution in [1.29, 1.82) is 0 Å². The lowest BCUT2D eigenvalue weighted by Crippen LogP contribution is -2.61. The van der Waals surface area contributed by atoms with E-state index in [1.807, 2.05) is 30.3 Å². The molecule has 3 atom stereocenters. The smallest absolute Gasteiger partial charge is 0.265 e. The van der Waals surface area contributed by atoms with E-state index < -0.39 is 29.1 Å². The molecule has 1 N–H and O–H groups in total. The largest absolute Gasteiger partial charge is 0.470 e. The Morgan fingerprint density at radius 2 is 1.97 bits per heavy atom. The molecule has 2 aromatic rings. The first-order valence-electron chi connectivity index (χ1n) is 10.1. The zero-order valence-corrected chi connectivity index (χ0v) is 16.3. The van der Waals surface area contributed by atoms with Crippen LogP contribution in [0.2, 0.25) is 0 Å². The molecule has 1 aliphatic heterocycles. The van der Waals surface area contributed by atoms with E-state index in [1.54, 1.807) is 6.08 Å². The van der Waals surface area contributed by atoms with Crippen LogP contribution in [0.4, 0.5) is 0 Å². The van der Waals surface area contributed by atoms with Crippen LogP contribution in [-0.4, -0.2) is 58.6 Å². The van der Waals surface area contributed by atoms with E-state index in [0.29, 0.717) is 38.5 Å². The molecule has 0 radical (unpaired) electrons. The monoisotopic (exact) mass is 410 g/mol. The summed E-state index contributed by atoms with van der Waals surface area (Å²) in [4.78, 5) is 28.2. The van der Waals surface area contributed by atoms with E-state index in [1.165, 1.54) is 6.08 Å². The molecule has 8 heteroatoms. The maximum atomic E-state index is 13.4. The van der Waals surface area contributed by atoms with E-state index >= 15 is 0 Å². The van der Waals surface area contributed by atoms with Gasteiger partial charge in [-0.25, -0.2) is 0 Å². The summed E-state index contributed by atoms with van der Waals surface area (Å²) in [6.07, 6.45) is 3.38. The van der Waals surface area contributed by atoms with Crippen LogP contribution in [0.3, 0.4) is 0 Å². The number of carbonyl (C=O) groups excluding carboxylic acids is 2. The van der Waals surface area contributed by atoms with Gasteiger partial charge in [-0.3, -0.25) is 14.5 Å². The average Bonchev–Trinajstić information content (AvgIpc) is 3.20. The minimum atomic E-state index is -2.15. The highest BCUT2D eigenvalue weighted by atomic mass is 16.5. The molecule has 1 aromatic carbocycles. The zero-order chi connectivity index (χ0) is 20.7. The molecule has 2 aliphatic carbocycles. The number of ketones is 2. The fraction of sp³-hybridized carbons (Fsp3) is 0.409. The van der Waals surface area contributed by atoms with Gasteiger partial charge >= 0.3 is 0 Å². The standard InChI is InChI=1S/C22H22N2O6/c25-16-8-4-7-15-18(24-9-11-28-12-10-24)19-17(20(26)22(15,16)27)21(23-30-19)29-13-14-5-2-1-3-6-14/h1-6,8,15,18,27H,7,9-13H2/t15?,18-,22-/m0/s1. The average molecular weight is 410 g/mol. The number of benzene rings is 1. The predicted octanol–water partition coefficient (Wildman–Crippen LogP) is 1.70. The molecule has 1 aromatic heterocycles. The highest BCUT2D eigenvalue weighted by Crippen LogP contribution is 2.50. The van der Waals surface area contributed by atoms with Gasteiger partial charge in [-0.2, -0.15) is 0 Å². The van der Waals surface area contributed by atoms with Crippen LogP contribution >= 0.6 is 0 Å². The van der Waals surface area contributed by atoms with Crippen molar-refractivity contribution in [3.63, 3.8) is 0 Å². The first-order valence-corrected chi connectivity index (χ1v) is 10.1. The molecule has 2 heterocycles. The zero-order valence-electron chi connectivity index (χ0n) is 16.3. The number of morpholine rings is 1. The fourth-order valence-corrected chi connectivity index (χ4v) is 4.61. The Morgan fingerprint density at radius 1 is 1.20 bits per heavy atom. The molecular formula is C22H22N2O6. The molecule has 30 heavy (non-hydrogen) atoms. The normalized spacial score (nSPS) is 28.8. The summed E-state index contributed by atoms with van der Waals surface area (Å²) < 4.78 is 16.9. The van der Waals surface area contributed by atoms with E-state index in [0.717, 1.165) is 5.56 Å². The number of hydrogen-bond acceptors (Lipinski definition) is 8. The number of hydrogen-bond donors (Lipinski definition) is 1. The minimum absolute atomic E-state index is 0.00587. The van der Waals surface area contributed by atoms with Gasteiger partial charge in [-0.05, 0) is 23.2 Å². The number of fused-ring (bicyclic) bond motifs is 2. The van der Waals surface area contributed by atoms with Gasteiger partial charge in [0.1, 0.15) is 12.2 Å². The number of nitrogens with zero attached hydrogens (tertiary/aromatic N) is 2. The third kappa shape index (κ3) is 2.91. The van der Waals surface area contributed by atoms with Gasteiger partial charge in [0.25, 0.3) is 5.88 Å². The molecule has 0 saturated carbocycles. The molecule has 0 spiro atoms. The van der Waals surface area contributed by atoms with Crippen molar-refractivity contribution < 1.29 is 28.7 Å². The van der Waals surface area contributed by atoms with Crippen LogP contribution in [0.1, 0.15) is 34.1 Å². The third-order valence-electron chi connectivity index (χ3n) is 6.14. The van der Waals surface area contributed by atoms with E-state index in [4.69, 9.17) is 14.0 Å². The van der Waals surface area contributed by atoms with Crippen molar-refractivity contribution in [3.8, 4) is 5.88 Å². The Morgan fingerprint density at radius 3 is 2.73 bits per heavy atom. The van der Waals surface area contributed by atoms with Gasteiger partial charge in [0, 0.05) is 19.0 Å². The summed E-state index contributed by atoms with van der Waals surface area (Å²) in [6, 6.07) is 8.99. The summed E-state index contributed by atoms with van der Waals surface area (Å²) in [5.41, 5.74) is -1.19. The Kier molecular flexibility index (Phi) is 4.77. The van der Waals surface area contributed by atoms with Crippen molar-refractivity contribution in [2.24, 2.45) is 5.92 Å². The number of carbonyl (C=O) groups is 2. The summed E-state index contributed by atoms with van der Waals surface area (Å²) in [7, 11) is 0. The van der Waals surface area contributed by atoms with Gasteiger partial charge in [-0.15, -0.1) is 0 Å². The lowest BCUT2D eigenvalue weighted by Gasteiger charge is -2.46. The molecule has 1 saturated heterocycles. The van der Waals surface area contributed by atoms with Crippen LogP contribution in [0.5, 0.6) is 5.88 Å². The second-order valence-electron chi connectivity index (χ2n) is 7.80. The van der Waals surface area contributed by atoms with Crippen LogP contribution in [-0.2, 0) is 16.1 Å². The molecule has 8 nitrogen and oxygen atoms in total. The minimum Gasteiger partial charge on any atom is -0.470 e. The Labute approximate surface area is 173 Å².